The lowest BCUT2D eigenvalue weighted by Gasteiger charge is -2.36. The fourth-order valence-electron chi connectivity index (χ4n) is 4.25. The Labute approximate surface area is 222 Å². The molecule has 200 valence electrons. The Balaban J connectivity index is 1.58. The van der Waals surface area contributed by atoms with E-state index >= 15 is 0 Å². The fourth-order valence-corrected chi connectivity index (χ4v) is 5.22. The van der Waals surface area contributed by atoms with Crippen LogP contribution in [0.15, 0.2) is 75.9 Å². The van der Waals surface area contributed by atoms with Gasteiger partial charge in [-0.1, -0.05) is 36.0 Å². The summed E-state index contributed by atoms with van der Waals surface area (Å²) in [6, 6.07) is 11.5. The monoisotopic (exact) mass is 545 g/mol. The molecule has 1 atom stereocenters. The van der Waals surface area contributed by atoms with Crippen LogP contribution in [0.2, 0.25) is 0 Å². The number of amides is 1. The van der Waals surface area contributed by atoms with Crippen molar-refractivity contribution in [3.63, 3.8) is 0 Å². The number of rotatable bonds is 8. The van der Waals surface area contributed by atoms with Crippen molar-refractivity contribution >= 4 is 28.8 Å². The molecule has 2 aromatic rings. The first-order valence-corrected chi connectivity index (χ1v) is 12.7. The second kappa shape index (κ2) is 11.3. The SMILES string of the molecule is CCOC(=O)C1=C(C)N=C2SC=C(CC(=O)NCc3cccc(C(F)(F)F)c3)N2C1c1cccc(OC)c1. The van der Waals surface area contributed by atoms with E-state index in [0.717, 1.165) is 17.7 Å². The zero-order valence-electron chi connectivity index (χ0n) is 21.0. The molecule has 7 nitrogen and oxygen atoms in total. The Hall–Kier alpha value is -3.73. The maximum atomic E-state index is 13.0. The van der Waals surface area contributed by atoms with Crippen LogP contribution in [0.25, 0.3) is 0 Å². The van der Waals surface area contributed by atoms with E-state index in [1.165, 1.54) is 23.9 Å². The van der Waals surface area contributed by atoms with Crippen LogP contribution in [-0.4, -0.2) is 35.7 Å². The number of allylic oxidation sites excluding steroid dienone is 1. The molecule has 0 radical (unpaired) electrons. The van der Waals surface area contributed by atoms with Crippen molar-refractivity contribution < 1.29 is 32.2 Å². The molecule has 0 aromatic heterocycles. The highest BCUT2D eigenvalue weighted by Crippen LogP contribution is 2.45. The topological polar surface area (TPSA) is 80.2 Å². The van der Waals surface area contributed by atoms with Gasteiger partial charge in [0.25, 0.3) is 0 Å². The molecule has 0 fully saturated rings. The molecular formula is C27H26F3N3O4S. The molecule has 2 aliphatic heterocycles. The van der Waals surface area contributed by atoms with Gasteiger partial charge in [0.15, 0.2) is 5.17 Å². The molecule has 4 rings (SSSR count). The van der Waals surface area contributed by atoms with E-state index in [-0.39, 0.29) is 25.5 Å². The number of thioether (sulfide) groups is 1. The number of methoxy groups -OCH3 is 1. The summed E-state index contributed by atoms with van der Waals surface area (Å²) in [7, 11) is 1.55. The van der Waals surface area contributed by atoms with Crippen molar-refractivity contribution in [2.24, 2.45) is 4.99 Å². The highest BCUT2D eigenvalue weighted by Gasteiger charge is 2.41. The third-order valence-electron chi connectivity index (χ3n) is 5.99. The summed E-state index contributed by atoms with van der Waals surface area (Å²) in [5, 5.41) is 5.08. The molecule has 2 heterocycles. The Kier molecular flexibility index (Phi) is 8.15. The maximum Gasteiger partial charge on any atom is 0.416 e. The van der Waals surface area contributed by atoms with Gasteiger partial charge < -0.3 is 19.7 Å². The number of carbonyl (C=O) groups is 2. The first kappa shape index (κ1) is 27.3. The number of esters is 1. The lowest BCUT2D eigenvalue weighted by atomic mass is 9.93. The third kappa shape index (κ3) is 5.88. The lowest BCUT2D eigenvalue weighted by Crippen LogP contribution is -2.38. The Morgan fingerprint density at radius 2 is 1.92 bits per heavy atom. The number of hydrogen-bond donors (Lipinski definition) is 1. The van der Waals surface area contributed by atoms with Crippen LogP contribution in [0.1, 0.15) is 43.0 Å². The van der Waals surface area contributed by atoms with Crippen LogP contribution in [0, 0.1) is 0 Å². The molecule has 0 saturated heterocycles. The van der Waals surface area contributed by atoms with Gasteiger partial charge in [-0.25, -0.2) is 9.79 Å². The van der Waals surface area contributed by atoms with Gasteiger partial charge in [-0.05, 0) is 54.6 Å². The number of carbonyl (C=O) groups excluding carboxylic acids is 2. The molecular weight excluding hydrogens is 519 g/mol. The van der Waals surface area contributed by atoms with Crippen LogP contribution < -0.4 is 10.1 Å². The molecule has 2 aromatic carbocycles. The van der Waals surface area contributed by atoms with Crippen molar-refractivity contribution in [3.8, 4) is 5.75 Å². The standard InChI is InChI=1S/C27H26F3N3O4S/c1-4-37-25(35)23-16(2)32-26-33(24(23)18-8-6-10-21(12-18)36-3)20(15-38-26)13-22(34)31-14-17-7-5-9-19(11-17)27(28,29)30/h5-12,15,24H,4,13-14H2,1-3H3,(H,31,34). The maximum absolute atomic E-state index is 13.0. The molecule has 1 unspecified atom stereocenters. The normalized spacial score (nSPS) is 17.0. The van der Waals surface area contributed by atoms with Crippen LogP contribution in [0.4, 0.5) is 13.2 Å². The van der Waals surface area contributed by atoms with E-state index in [9.17, 15) is 22.8 Å². The number of amidine groups is 1. The minimum atomic E-state index is -4.46. The first-order valence-electron chi connectivity index (χ1n) is 11.8. The highest BCUT2D eigenvalue weighted by atomic mass is 32.2. The predicted molar refractivity (Wildman–Crippen MR) is 138 cm³/mol. The number of ether oxygens (including phenoxy) is 2. The predicted octanol–water partition coefficient (Wildman–Crippen LogP) is 5.56. The van der Waals surface area contributed by atoms with Crippen molar-refractivity contribution in [2.45, 2.75) is 39.0 Å². The lowest BCUT2D eigenvalue weighted by molar-refractivity contribution is -0.139. The quantitative estimate of drug-likeness (QED) is 0.438. The average molecular weight is 546 g/mol. The van der Waals surface area contributed by atoms with Gasteiger partial charge in [-0.2, -0.15) is 13.2 Å². The molecule has 1 amide bonds. The smallest absolute Gasteiger partial charge is 0.416 e. The molecule has 2 aliphatic rings. The molecule has 11 heteroatoms. The Morgan fingerprint density at radius 1 is 1.16 bits per heavy atom. The number of halogens is 3. The third-order valence-corrected chi connectivity index (χ3v) is 6.88. The van der Waals surface area contributed by atoms with Crippen LogP contribution in [0.5, 0.6) is 5.75 Å². The summed E-state index contributed by atoms with van der Waals surface area (Å²) in [5.41, 5.74) is 1.76. The second-order valence-electron chi connectivity index (χ2n) is 8.54. The molecule has 1 N–H and O–H groups in total. The zero-order chi connectivity index (χ0) is 27.4. The number of nitrogens with zero attached hydrogens (tertiary/aromatic N) is 2. The molecule has 0 saturated carbocycles. The van der Waals surface area contributed by atoms with Crippen LogP contribution in [-0.2, 0) is 27.0 Å². The molecule has 0 bridgehead atoms. The van der Waals surface area contributed by atoms with Crippen LogP contribution >= 0.6 is 11.8 Å². The number of nitrogens with one attached hydrogen (secondary N) is 1. The first-order chi connectivity index (χ1) is 18.1. The molecule has 38 heavy (non-hydrogen) atoms. The highest BCUT2D eigenvalue weighted by molar-refractivity contribution is 8.16. The summed E-state index contributed by atoms with van der Waals surface area (Å²) < 4.78 is 49.8. The minimum Gasteiger partial charge on any atom is -0.497 e. The van der Waals surface area contributed by atoms with Gasteiger partial charge >= 0.3 is 12.1 Å². The summed E-state index contributed by atoms with van der Waals surface area (Å²) in [6.45, 7) is 3.59. The van der Waals surface area contributed by atoms with E-state index in [2.05, 4.69) is 10.3 Å². The Morgan fingerprint density at radius 3 is 2.63 bits per heavy atom. The second-order valence-corrected chi connectivity index (χ2v) is 9.38. The molecule has 0 spiro atoms. The molecule has 0 aliphatic carbocycles. The van der Waals surface area contributed by atoms with E-state index < -0.39 is 23.8 Å². The van der Waals surface area contributed by atoms with E-state index in [1.807, 2.05) is 23.1 Å². The van der Waals surface area contributed by atoms with Crippen molar-refractivity contribution in [1.29, 1.82) is 0 Å². The van der Waals surface area contributed by atoms with E-state index in [0.29, 0.717) is 33.4 Å². The zero-order valence-corrected chi connectivity index (χ0v) is 21.8. The van der Waals surface area contributed by atoms with Gasteiger partial charge in [0, 0.05) is 12.2 Å². The van der Waals surface area contributed by atoms with Crippen LogP contribution in [0.3, 0.4) is 0 Å². The number of aliphatic imine (C=N–C) groups is 1. The van der Waals surface area contributed by atoms with Gasteiger partial charge in [0.1, 0.15) is 5.75 Å². The summed E-state index contributed by atoms with van der Waals surface area (Å²) >= 11 is 1.33. The van der Waals surface area contributed by atoms with Gasteiger partial charge in [0.05, 0.1) is 43.0 Å². The van der Waals surface area contributed by atoms with Gasteiger partial charge in [-0.3, -0.25) is 4.79 Å². The fraction of sp³-hybridized carbons (Fsp3) is 0.296. The number of fused-ring (bicyclic) bond motifs is 1. The number of hydrogen-bond acceptors (Lipinski definition) is 7. The Bertz CT molecular complexity index is 1340. The van der Waals surface area contributed by atoms with E-state index in [1.54, 1.807) is 32.4 Å². The average Bonchev–Trinajstić information content (AvgIpc) is 3.28. The van der Waals surface area contributed by atoms with Gasteiger partial charge in [0.2, 0.25) is 5.91 Å². The number of alkyl halides is 3. The summed E-state index contributed by atoms with van der Waals surface area (Å²) in [6.07, 6.45) is -4.53. The largest absolute Gasteiger partial charge is 0.497 e. The van der Waals surface area contributed by atoms with Gasteiger partial charge in [-0.15, -0.1) is 0 Å². The summed E-state index contributed by atoms with van der Waals surface area (Å²) in [4.78, 5) is 32.3. The van der Waals surface area contributed by atoms with Crippen molar-refractivity contribution in [3.05, 3.63) is 87.6 Å². The summed E-state index contributed by atoms with van der Waals surface area (Å²) in [5.74, 6) is -0.293. The number of benzene rings is 2. The van der Waals surface area contributed by atoms with Crippen molar-refractivity contribution in [1.82, 2.24) is 10.2 Å². The van der Waals surface area contributed by atoms with E-state index in [4.69, 9.17) is 9.47 Å². The van der Waals surface area contributed by atoms with Crippen molar-refractivity contribution in [2.75, 3.05) is 13.7 Å². The minimum absolute atomic E-state index is 0.0590.